The fourth-order valence-corrected chi connectivity index (χ4v) is 7.65. The molecule has 0 amide bonds. The van der Waals surface area contributed by atoms with Crippen LogP contribution in [-0.2, 0) is 0 Å². The summed E-state index contributed by atoms with van der Waals surface area (Å²) in [5.74, 6) is 0. The van der Waals surface area contributed by atoms with Gasteiger partial charge in [-0.3, -0.25) is 0 Å². The highest BCUT2D eigenvalue weighted by Crippen LogP contribution is 2.41. The minimum Gasteiger partial charge on any atom is -0.316 e. The molecule has 0 bridgehead atoms. The predicted octanol–water partition coefficient (Wildman–Crippen LogP) is 15.7. The van der Waals surface area contributed by atoms with Gasteiger partial charge in [-0.2, -0.15) is 0 Å². The van der Waals surface area contributed by atoms with Crippen LogP contribution in [0.25, 0.3) is 79.2 Å². The number of hydrogen-bond acceptors (Lipinski definition) is 0. The van der Waals surface area contributed by atoms with E-state index >= 15 is 0 Å². The summed E-state index contributed by atoms with van der Waals surface area (Å²) in [6, 6.07) is 30.8. The molecule has 0 aliphatic carbocycles. The second-order valence-electron chi connectivity index (χ2n) is 13.8. The number of para-hydroxylation sites is 1. The summed E-state index contributed by atoms with van der Waals surface area (Å²) in [5, 5.41) is 6.23. The summed E-state index contributed by atoms with van der Waals surface area (Å²) in [6.07, 6.45) is 33.2. The van der Waals surface area contributed by atoms with Crippen LogP contribution >= 0.6 is 0 Å². The number of aromatic nitrogens is 2. The third-order valence-corrected chi connectivity index (χ3v) is 10.1. The van der Waals surface area contributed by atoms with Gasteiger partial charge in [0.05, 0.1) is 16.6 Å². The summed E-state index contributed by atoms with van der Waals surface area (Å²) < 4.78 is 4.77. The lowest BCUT2D eigenvalue weighted by atomic mass is 9.88. The molecule has 56 heavy (non-hydrogen) atoms. The number of benzene rings is 5. The minimum absolute atomic E-state index is 1.15. The Bertz CT molecular complexity index is 2780. The van der Waals surface area contributed by atoms with Crippen molar-refractivity contribution >= 4 is 73.5 Å². The first-order chi connectivity index (χ1) is 27.4. The zero-order valence-corrected chi connectivity index (χ0v) is 33.6. The van der Waals surface area contributed by atoms with E-state index in [1.165, 1.54) is 71.3 Å². The van der Waals surface area contributed by atoms with Crippen molar-refractivity contribution in [2.24, 2.45) is 0 Å². The predicted molar refractivity (Wildman–Crippen MR) is 251 cm³/mol. The van der Waals surface area contributed by atoms with Gasteiger partial charge in [-0.05, 0) is 117 Å². The molecule has 0 N–H and O–H groups in total. The average molecular weight is 729 g/mol. The molecule has 2 heterocycles. The van der Waals surface area contributed by atoms with Gasteiger partial charge in [-0.1, -0.05) is 153 Å². The smallest absolute Gasteiger partial charge is 0.0545 e. The van der Waals surface area contributed by atoms with E-state index < -0.39 is 0 Å². The van der Waals surface area contributed by atoms with E-state index in [9.17, 15) is 0 Å². The van der Waals surface area contributed by atoms with Crippen LogP contribution < -0.4 is 0 Å². The Morgan fingerprint density at radius 3 is 1.93 bits per heavy atom. The highest BCUT2D eigenvalue weighted by atomic mass is 15.0. The monoisotopic (exact) mass is 728 g/mol. The van der Waals surface area contributed by atoms with Gasteiger partial charge in [-0.15, -0.1) is 0 Å². The van der Waals surface area contributed by atoms with Crippen LogP contribution in [0.4, 0.5) is 0 Å². The van der Waals surface area contributed by atoms with Gasteiger partial charge in [0, 0.05) is 39.3 Å². The molecule has 2 heteroatoms. The van der Waals surface area contributed by atoms with E-state index in [1.54, 1.807) is 6.08 Å². The van der Waals surface area contributed by atoms with Gasteiger partial charge in [0.25, 0.3) is 0 Å². The lowest BCUT2D eigenvalue weighted by molar-refractivity contribution is 1.12. The second kappa shape index (κ2) is 18.1. The van der Waals surface area contributed by atoms with Crippen molar-refractivity contribution in [3.63, 3.8) is 0 Å². The first-order valence-electron chi connectivity index (χ1n) is 19.4. The summed E-state index contributed by atoms with van der Waals surface area (Å²) in [4.78, 5) is 0. The van der Waals surface area contributed by atoms with Crippen molar-refractivity contribution in [1.82, 2.24) is 9.13 Å². The van der Waals surface area contributed by atoms with E-state index in [0.29, 0.717) is 0 Å². The van der Waals surface area contributed by atoms with Gasteiger partial charge in [0.15, 0.2) is 0 Å². The number of rotatable bonds is 10. The Hall–Kier alpha value is -6.64. The van der Waals surface area contributed by atoms with Gasteiger partial charge < -0.3 is 9.13 Å². The zero-order valence-electron chi connectivity index (χ0n) is 33.6. The van der Waals surface area contributed by atoms with Crippen LogP contribution in [0.3, 0.4) is 0 Å². The third kappa shape index (κ3) is 7.78. The van der Waals surface area contributed by atoms with Crippen molar-refractivity contribution in [2.45, 2.75) is 41.5 Å². The molecular weight excluding hydrogens is 677 g/mol. The minimum atomic E-state index is 1.15. The van der Waals surface area contributed by atoms with Crippen LogP contribution in [0, 0.1) is 13.8 Å². The molecule has 2 nitrogen and oxygen atoms in total. The lowest BCUT2D eigenvalue weighted by Crippen LogP contribution is -1.98. The van der Waals surface area contributed by atoms with E-state index in [4.69, 9.17) is 0 Å². The van der Waals surface area contributed by atoms with Crippen molar-refractivity contribution in [2.75, 3.05) is 0 Å². The molecule has 0 fully saturated rings. The van der Waals surface area contributed by atoms with E-state index in [2.05, 4.69) is 196 Å². The molecule has 0 aliphatic rings. The maximum absolute atomic E-state index is 4.30. The van der Waals surface area contributed by atoms with Crippen LogP contribution in [0.2, 0.25) is 0 Å². The molecule has 2 aromatic heterocycles. The Morgan fingerprint density at radius 1 is 0.571 bits per heavy atom. The summed E-state index contributed by atoms with van der Waals surface area (Å²) in [6.45, 7) is 20.5. The average Bonchev–Trinajstić information content (AvgIpc) is 3.75. The first kappa shape index (κ1) is 39.1. The molecule has 0 unspecified atom stereocenters. The quantitative estimate of drug-likeness (QED) is 0.124. The Kier molecular flexibility index (Phi) is 12.6. The Labute approximate surface area is 333 Å². The summed E-state index contributed by atoms with van der Waals surface area (Å²) >= 11 is 0. The highest BCUT2D eigenvalue weighted by molar-refractivity contribution is 6.23. The maximum Gasteiger partial charge on any atom is 0.0545 e. The second-order valence-corrected chi connectivity index (χ2v) is 13.8. The van der Waals surface area contributed by atoms with Gasteiger partial charge in [0.1, 0.15) is 0 Å². The normalized spacial score (nSPS) is 12.6. The molecule has 278 valence electrons. The van der Waals surface area contributed by atoms with Crippen molar-refractivity contribution in [1.29, 1.82) is 0 Å². The standard InChI is InChI=1S/C47H42N2.C7H10/c1-7-10-12-20-35-31-48(36-21-18-19-32(4)29-36)44-27-28-45-47(46(35)44)41-25-16-17-26-43(41)49(45)33(5)30-42-37(9-3)40-24-15-14-23-38(40)34(6)39(42)22-13-11-8-2;1-3-5-7-6-4-2/h7-31H,3H2,1-2,4-6H3;3-7H,1H2,2H3/b10-7-,11-8-,20-12-,22-13-,33-30+;6-4-,7-5-. The topological polar surface area (TPSA) is 9.86 Å². The Morgan fingerprint density at radius 2 is 1.23 bits per heavy atom. The highest BCUT2D eigenvalue weighted by Gasteiger charge is 2.20. The van der Waals surface area contributed by atoms with Crippen LogP contribution in [0.1, 0.15) is 61.1 Å². The Balaban J connectivity index is 0.000000695. The molecular formula is C54H52N2. The van der Waals surface area contributed by atoms with Gasteiger partial charge >= 0.3 is 0 Å². The molecule has 5 aromatic carbocycles. The van der Waals surface area contributed by atoms with E-state index in [0.717, 1.165) is 16.9 Å². The van der Waals surface area contributed by atoms with Gasteiger partial charge in [-0.25, -0.2) is 0 Å². The maximum atomic E-state index is 4.30. The largest absolute Gasteiger partial charge is 0.316 e. The molecule has 0 saturated heterocycles. The zero-order chi connectivity index (χ0) is 39.6. The fraction of sp³-hybridized carbons (Fsp3) is 0.111. The molecule has 0 saturated carbocycles. The van der Waals surface area contributed by atoms with Crippen molar-refractivity contribution < 1.29 is 0 Å². The van der Waals surface area contributed by atoms with E-state index in [-0.39, 0.29) is 0 Å². The molecule has 0 atom stereocenters. The summed E-state index contributed by atoms with van der Waals surface area (Å²) in [5.41, 5.74) is 13.1. The summed E-state index contributed by atoms with van der Waals surface area (Å²) in [7, 11) is 0. The number of aryl methyl sites for hydroxylation is 2. The van der Waals surface area contributed by atoms with Crippen molar-refractivity contribution in [3.05, 3.63) is 205 Å². The number of nitrogens with zero attached hydrogens (tertiary/aromatic N) is 2. The molecule has 0 radical (unpaired) electrons. The molecule has 7 rings (SSSR count). The molecule has 0 spiro atoms. The number of fused-ring (bicyclic) bond motifs is 6. The van der Waals surface area contributed by atoms with Crippen LogP contribution in [-0.4, -0.2) is 9.13 Å². The fourth-order valence-electron chi connectivity index (χ4n) is 7.65. The third-order valence-electron chi connectivity index (χ3n) is 10.1. The molecule has 0 aliphatic heterocycles. The number of hydrogen-bond donors (Lipinski definition) is 0. The first-order valence-corrected chi connectivity index (χ1v) is 19.4. The SMILES string of the molecule is C=C/C=C\C=C/C.C=Cc1c(/C=C(\C)n2c3ccccc3c3c4c(/C=C\C=C/C)cn(-c5cccc(C)c5)c4ccc32)c(/C=C\C=C/C)c(C)c2ccccc12. The van der Waals surface area contributed by atoms with Gasteiger partial charge in [0.2, 0.25) is 0 Å². The number of allylic oxidation sites excluding steroid dienone is 12. The van der Waals surface area contributed by atoms with Crippen LogP contribution in [0.15, 0.2) is 171 Å². The lowest BCUT2D eigenvalue weighted by Gasteiger charge is -2.17. The van der Waals surface area contributed by atoms with E-state index in [1.807, 2.05) is 44.2 Å². The van der Waals surface area contributed by atoms with Crippen LogP contribution in [0.5, 0.6) is 0 Å². The van der Waals surface area contributed by atoms with Crippen molar-refractivity contribution in [3.8, 4) is 5.69 Å². The molecule has 7 aromatic rings.